The summed E-state index contributed by atoms with van der Waals surface area (Å²) in [5.41, 5.74) is 5.88. The highest BCUT2D eigenvalue weighted by Gasteiger charge is 2.19. The Hall–Kier alpha value is -3.93. The Labute approximate surface area is 181 Å². The summed E-state index contributed by atoms with van der Waals surface area (Å²) in [5.74, 6) is 0.520. The van der Waals surface area contributed by atoms with Gasteiger partial charge in [0.2, 0.25) is 0 Å². The maximum Gasteiger partial charge on any atom is 0.270 e. The molecule has 1 N–H and O–H groups in total. The van der Waals surface area contributed by atoms with Crippen molar-refractivity contribution < 1.29 is 9.53 Å². The van der Waals surface area contributed by atoms with E-state index in [9.17, 15) is 4.79 Å². The molecule has 4 aromatic rings. The highest BCUT2D eigenvalue weighted by atomic mass is 16.5. The van der Waals surface area contributed by atoms with Gasteiger partial charge in [-0.2, -0.15) is 5.10 Å². The van der Waals surface area contributed by atoms with Crippen LogP contribution in [0.1, 0.15) is 27.3 Å². The Balaban J connectivity index is 1.74. The molecule has 1 amide bonds. The van der Waals surface area contributed by atoms with Gasteiger partial charge in [0, 0.05) is 11.8 Å². The molecule has 0 fully saturated rings. The molecule has 2 aromatic carbocycles. The summed E-state index contributed by atoms with van der Waals surface area (Å²) in [6.45, 7) is 4.40. The number of hydrogen-bond donors (Lipinski definition) is 1. The Morgan fingerprint density at radius 1 is 1.03 bits per heavy atom. The normalized spacial score (nSPS) is 10.7. The number of hydrogen-bond acceptors (Lipinski definition) is 4. The van der Waals surface area contributed by atoms with Crippen LogP contribution >= 0.6 is 0 Å². The van der Waals surface area contributed by atoms with Crippen molar-refractivity contribution in [2.75, 3.05) is 7.11 Å². The van der Waals surface area contributed by atoms with Crippen molar-refractivity contribution in [1.82, 2.24) is 20.1 Å². The molecule has 31 heavy (non-hydrogen) atoms. The van der Waals surface area contributed by atoms with Gasteiger partial charge in [-0.1, -0.05) is 35.9 Å². The number of pyridine rings is 1. The lowest BCUT2D eigenvalue weighted by Crippen LogP contribution is -2.26. The van der Waals surface area contributed by atoms with E-state index in [1.807, 2.05) is 74.5 Å². The molecule has 0 aliphatic carbocycles. The molecule has 2 heterocycles. The summed E-state index contributed by atoms with van der Waals surface area (Å²) in [4.78, 5) is 17.4. The van der Waals surface area contributed by atoms with Gasteiger partial charge in [0.05, 0.1) is 30.7 Å². The van der Waals surface area contributed by atoms with Crippen LogP contribution in [0.15, 0.2) is 72.9 Å². The van der Waals surface area contributed by atoms with Crippen LogP contribution in [-0.2, 0) is 6.54 Å². The molecule has 0 spiro atoms. The van der Waals surface area contributed by atoms with Crippen molar-refractivity contribution in [1.29, 1.82) is 0 Å². The molecule has 0 unspecified atom stereocenters. The number of aromatic nitrogens is 3. The van der Waals surface area contributed by atoms with E-state index in [2.05, 4.69) is 16.4 Å². The number of amides is 1. The fourth-order valence-corrected chi connectivity index (χ4v) is 3.46. The van der Waals surface area contributed by atoms with Crippen molar-refractivity contribution >= 4 is 5.91 Å². The second kappa shape index (κ2) is 8.83. The minimum atomic E-state index is -0.215. The van der Waals surface area contributed by atoms with Gasteiger partial charge < -0.3 is 10.1 Å². The number of benzene rings is 2. The quantitative estimate of drug-likeness (QED) is 0.507. The number of ether oxygens (including phenoxy) is 1. The maximum absolute atomic E-state index is 13.1. The van der Waals surface area contributed by atoms with Gasteiger partial charge in [-0.25, -0.2) is 4.68 Å². The van der Waals surface area contributed by atoms with Crippen molar-refractivity contribution in [2.45, 2.75) is 20.4 Å². The zero-order chi connectivity index (χ0) is 21.8. The topological polar surface area (TPSA) is 69.0 Å². The average molecular weight is 412 g/mol. The Kier molecular flexibility index (Phi) is 5.80. The molecule has 4 rings (SSSR count). The fraction of sp³-hybridized carbons (Fsp3) is 0.160. The molecule has 156 valence electrons. The SMILES string of the molecule is COc1cccc(-c2cc(C(=O)NCc3ccccn3)n(-c3ccc(C)cc3C)n2)c1. The lowest BCUT2D eigenvalue weighted by molar-refractivity contribution is 0.0942. The number of rotatable bonds is 6. The average Bonchev–Trinajstić information content (AvgIpc) is 3.23. The molecular formula is C25H24N4O2. The first-order chi connectivity index (χ1) is 15.0. The third-order valence-electron chi connectivity index (χ3n) is 5.04. The van der Waals surface area contributed by atoms with Crippen LogP contribution in [0.4, 0.5) is 0 Å². The summed E-state index contributed by atoms with van der Waals surface area (Å²) in [6.07, 6.45) is 1.71. The minimum Gasteiger partial charge on any atom is -0.497 e. The maximum atomic E-state index is 13.1. The minimum absolute atomic E-state index is 0.215. The van der Waals surface area contributed by atoms with Crippen molar-refractivity contribution in [2.24, 2.45) is 0 Å². The van der Waals surface area contributed by atoms with Gasteiger partial charge in [0.1, 0.15) is 11.4 Å². The summed E-state index contributed by atoms with van der Waals surface area (Å²) < 4.78 is 7.05. The van der Waals surface area contributed by atoms with E-state index in [0.717, 1.165) is 33.8 Å². The van der Waals surface area contributed by atoms with Crippen LogP contribution in [-0.4, -0.2) is 27.8 Å². The van der Waals surface area contributed by atoms with E-state index in [-0.39, 0.29) is 5.91 Å². The molecular weight excluding hydrogens is 388 g/mol. The standard InChI is InChI=1S/C25H24N4O2/c1-17-10-11-23(18(2)13-17)29-24(25(30)27-16-20-8-4-5-12-26-20)15-22(28-29)19-7-6-9-21(14-19)31-3/h4-15H,16H2,1-3H3,(H,27,30). The second-order valence-corrected chi connectivity index (χ2v) is 7.35. The number of nitrogens with one attached hydrogen (secondary N) is 1. The first kappa shape index (κ1) is 20.3. The van der Waals surface area contributed by atoms with E-state index >= 15 is 0 Å². The second-order valence-electron chi connectivity index (χ2n) is 7.35. The first-order valence-corrected chi connectivity index (χ1v) is 10.1. The van der Waals surface area contributed by atoms with E-state index in [0.29, 0.717) is 17.9 Å². The molecule has 0 aliphatic rings. The smallest absolute Gasteiger partial charge is 0.270 e. The predicted molar refractivity (Wildman–Crippen MR) is 120 cm³/mol. The third-order valence-corrected chi connectivity index (χ3v) is 5.04. The number of carbonyl (C=O) groups excluding carboxylic acids is 1. The van der Waals surface area contributed by atoms with Crippen LogP contribution in [0.2, 0.25) is 0 Å². The molecule has 6 heteroatoms. The highest BCUT2D eigenvalue weighted by Crippen LogP contribution is 2.26. The van der Waals surface area contributed by atoms with Crippen LogP contribution in [0.3, 0.4) is 0 Å². The molecule has 0 bridgehead atoms. The lowest BCUT2D eigenvalue weighted by Gasteiger charge is -2.11. The van der Waals surface area contributed by atoms with E-state index in [4.69, 9.17) is 9.84 Å². The highest BCUT2D eigenvalue weighted by molar-refractivity contribution is 5.94. The molecule has 0 saturated carbocycles. The summed E-state index contributed by atoms with van der Waals surface area (Å²) >= 11 is 0. The largest absolute Gasteiger partial charge is 0.497 e. The molecule has 0 aliphatic heterocycles. The van der Waals surface area contributed by atoms with Gasteiger partial charge >= 0.3 is 0 Å². The Bertz CT molecular complexity index is 1220. The molecule has 0 atom stereocenters. The summed E-state index contributed by atoms with van der Waals surface area (Å²) in [7, 11) is 1.63. The van der Waals surface area contributed by atoms with Crippen molar-refractivity contribution in [3.63, 3.8) is 0 Å². The number of nitrogens with zero attached hydrogens (tertiary/aromatic N) is 3. The number of methoxy groups -OCH3 is 1. The van der Waals surface area contributed by atoms with Gasteiger partial charge in [-0.05, 0) is 55.8 Å². The Morgan fingerprint density at radius 2 is 1.90 bits per heavy atom. The summed E-state index contributed by atoms with van der Waals surface area (Å²) in [5, 5.41) is 7.73. The van der Waals surface area contributed by atoms with Gasteiger partial charge in [-0.15, -0.1) is 0 Å². The molecule has 2 aromatic heterocycles. The Morgan fingerprint density at radius 3 is 2.65 bits per heavy atom. The first-order valence-electron chi connectivity index (χ1n) is 10.1. The third kappa shape index (κ3) is 4.48. The lowest BCUT2D eigenvalue weighted by atomic mass is 10.1. The van der Waals surface area contributed by atoms with Crippen LogP contribution in [0.5, 0.6) is 5.75 Å². The zero-order valence-corrected chi connectivity index (χ0v) is 17.8. The van der Waals surface area contributed by atoms with Crippen LogP contribution in [0.25, 0.3) is 16.9 Å². The summed E-state index contributed by atoms with van der Waals surface area (Å²) in [6, 6.07) is 21.2. The fourth-order valence-electron chi connectivity index (χ4n) is 3.46. The van der Waals surface area contributed by atoms with Crippen molar-refractivity contribution in [3.05, 3.63) is 95.4 Å². The van der Waals surface area contributed by atoms with E-state index < -0.39 is 0 Å². The van der Waals surface area contributed by atoms with Gasteiger partial charge in [0.15, 0.2) is 0 Å². The zero-order valence-electron chi connectivity index (χ0n) is 17.8. The predicted octanol–water partition coefficient (Wildman–Crippen LogP) is 4.49. The van der Waals surface area contributed by atoms with Crippen molar-refractivity contribution in [3.8, 4) is 22.7 Å². The van der Waals surface area contributed by atoms with Crippen LogP contribution in [0, 0.1) is 13.8 Å². The van der Waals surface area contributed by atoms with Gasteiger partial charge in [-0.3, -0.25) is 9.78 Å². The number of carbonyl (C=O) groups is 1. The molecule has 0 saturated heterocycles. The molecule has 0 radical (unpaired) electrons. The monoisotopic (exact) mass is 412 g/mol. The van der Waals surface area contributed by atoms with E-state index in [1.54, 1.807) is 18.0 Å². The number of aryl methyl sites for hydroxylation is 2. The molecule has 6 nitrogen and oxygen atoms in total. The van der Waals surface area contributed by atoms with E-state index in [1.165, 1.54) is 0 Å². The van der Waals surface area contributed by atoms with Crippen LogP contribution < -0.4 is 10.1 Å². The van der Waals surface area contributed by atoms with Gasteiger partial charge in [0.25, 0.3) is 5.91 Å².